The molecular weight excluding hydrogens is 208 g/mol. The van der Waals surface area contributed by atoms with Crippen LogP contribution in [-0.4, -0.2) is 22.8 Å². The van der Waals surface area contributed by atoms with Gasteiger partial charge in [0.1, 0.15) is 18.1 Å². The molecule has 2 N–H and O–H groups in total. The second kappa shape index (κ2) is 4.43. The van der Waals surface area contributed by atoms with Crippen LogP contribution in [0.2, 0.25) is 0 Å². The number of rotatable bonds is 3. The molecule has 0 aromatic heterocycles. The Kier molecular flexibility index (Phi) is 3.42. The van der Waals surface area contributed by atoms with Gasteiger partial charge in [-0.3, -0.25) is 4.79 Å². The van der Waals surface area contributed by atoms with Gasteiger partial charge in [0.25, 0.3) is 0 Å². The summed E-state index contributed by atoms with van der Waals surface area (Å²) in [5, 5.41) is 19.0. The highest BCUT2D eigenvalue weighted by atomic mass is 16.5. The Hall–Kier alpha value is -1.71. The van der Waals surface area contributed by atoms with Crippen molar-refractivity contribution in [1.29, 1.82) is 0 Å². The first-order valence-electron chi connectivity index (χ1n) is 4.99. The molecular formula is C12H16O4. The zero-order valence-electron chi connectivity index (χ0n) is 9.65. The van der Waals surface area contributed by atoms with Crippen molar-refractivity contribution in [2.75, 3.05) is 6.61 Å². The first-order valence-corrected chi connectivity index (χ1v) is 4.99. The van der Waals surface area contributed by atoms with Gasteiger partial charge in [0, 0.05) is 17.9 Å². The molecule has 4 nitrogen and oxygen atoms in total. The molecule has 0 unspecified atom stereocenters. The predicted octanol–water partition coefficient (Wildman–Crippen LogP) is 1.94. The fourth-order valence-electron chi connectivity index (χ4n) is 1.43. The van der Waals surface area contributed by atoms with Crippen LogP contribution in [0.15, 0.2) is 18.2 Å². The SMILES string of the molecule is CC(=O)OCC(C)(C)c1cc(O)ccc1O. The number of phenolic OH excluding ortho intramolecular Hbond substituents is 2. The normalized spacial score (nSPS) is 11.2. The van der Waals surface area contributed by atoms with E-state index in [0.29, 0.717) is 5.56 Å². The van der Waals surface area contributed by atoms with Crippen molar-refractivity contribution >= 4 is 5.97 Å². The van der Waals surface area contributed by atoms with Gasteiger partial charge in [-0.1, -0.05) is 13.8 Å². The predicted molar refractivity (Wildman–Crippen MR) is 59.4 cm³/mol. The van der Waals surface area contributed by atoms with E-state index in [9.17, 15) is 15.0 Å². The standard InChI is InChI=1S/C12H16O4/c1-8(13)16-7-12(2,3)10-6-9(14)4-5-11(10)15/h4-6,14-15H,7H2,1-3H3. The molecule has 16 heavy (non-hydrogen) atoms. The van der Waals surface area contributed by atoms with Crippen molar-refractivity contribution in [1.82, 2.24) is 0 Å². The molecule has 0 heterocycles. The van der Waals surface area contributed by atoms with Crippen molar-refractivity contribution < 1.29 is 19.7 Å². The van der Waals surface area contributed by atoms with Crippen LogP contribution in [0.3, 0.4) is 0 Å². The van der Waals surface area contributed by atoms with E-state index in [2.05, 4.69) is 0 Å². The Labute approximate surface area is 94.5 Å². The Morgan fingerprint density at radius 1 is 1.38 bits per heavy atom. The summed E-state index contributed by atoms with van der Waals surface area (Å²) >= 11 is 0. The fraction of sp³-hybridized carbons (Fsp3) is 0.417. The van der Waals surface area contributed by atoms with Gasteiger partial charge in [0.2, 0.25) is 0 Å². The number of hydrogen-bond acceptors (Lipinski definition) is 4. The van der Waals surface area contributed by atoms with Gasteiger partial charge in [-0.25, -0.2) is 0 Å². The second-order valence-electron chi connectivity index (χ2n) is 4.37. The first-order chi connectivity index (χ1) is 7.33. The van der Waals surface area contributed by atoms with E-state index >= 15 is 0 Å². The van der Waals surface area contributed by atoms with Gasteiger partial charge < -0.3 is 14.9 Å². The monoisotopic (exact) mass is 224 g/mol. The number of benzene rings is 1. The lowest BCUT2D eigenvalue weighted by molar-refractivity contribution is -0.142. The summed E-state index contributed by atoms with van der Waals surface area (Å²) in [5.74, 6) is -0.216. The number of carbonyl (C=O) groups is 1. The average Bonchev–Trinajstić information content (AvgIpc) is 2.19. The Balaban J connectivity index is 2.96. The van der Waals surface area contributed by atoms with E-state index in [1.807, 2.05) is 13.8 Å². The highest BCUT2D eigenvalue weighted by molar-refractivity contribution is 5.66. The quantitative estimate of drug-likeness (QED) is 0.608. The third kappa shape index (κ3) is 2.89. The minimum Gasteiger partial charge on any atom is -0.508 e. The lowest BCUT2D eigenvalue weighted by Gasteiger charge is -2.25. The number of hydrogen-bond donors (Lipinski definition) is 2. The number of esters is 1. The van der Waals surface area contributed by atoms with Crippen molar-refractivity contribution in [3.8, 4) is 11.5 Å². The maximum absolute atomic E-state index is 10.7. The molecule has 1 aromatic carbocycles. The second-order valence-corrected chi connectivity index (χ2v) is 4.37. The molecule has 88 valence electrons. The molecule has 0 aliphatic carbocycles. The summed E-state index contributed by atoms with van der Waals surface area (Å²) in [6, 6.07) is 4.29. The van der Waals surface area contributed by atoms with Crippen LogP contribution in [0.1, 0.15) is 26.3 Å². The van der Waals surface area contributed by atoms with Crippen LogP contribution in [0.5, 0.6) is 11.5 Å². The number of aromatic hydroxyl groups is 2. The summed E-state index contributed by atoms with van der Waals surface area (Å²) in [6.07, 6.45) is 0. The topological polar surface area (TPSA) is 66.8 Å². The molecule has 0 bridgehead atoms. The smallest absolute Gasteiger partial charge is 0.302 e. The van der Waals surface area contributed by atoms with Gasteiger partial charge in [-0.15, -0.1) is 0 Å². The molecule has 0 saturated heterocycles. The minimum absolute atomic E-state index is 0.0729. The minimum atomic E-state index is -0.547. The third-order valence-corrected chi connectivity index (χ3v) is 2.35. The van der Waals surface area contributed by atoms with Crippen LogP contribution < -0.4 is 0 Å². The van der Waals surface area contributed by atoms with E-state index in [0.717, 1.165) is 0 Å². The van der Waals surface area contributed by atoms with E-state index in [1.165, 1.54) is 25.1 Å². The summed E-state index contributed by atoms with van der Waals surface area (Å²) in [7, 11) is 0. The molecule has 1 rings (SSSR count). The third-order valence-electron chi connectivity index (χ3n) is 2.35. The molecule has 0 saturated carbocycles. The summed E-state index contributed by atoms with van der Waals surface area (Å²) in [6.45, 7) is 5.13. The number of carbonyl (C=O) groups excluding carboxylic acids is 1. The molecule has 0 atom stereocenters. The van der Waals surface area contributed by atoms with Gasteiger partial charge >= 0.3 is 5.97 Å². The lowest BCUT2D eigenvalue weighted by atomic mass is 9.85. The average molecular weight is 224 g/mol. The van der Waals surface area contributed by atoms with Crippen LogP contribution >= 0.6 is 0 Å². The molecule has 1 aromatic rings. The molecule has 0 aliphatic heterocycles. The lowest BCUT2D eigenvalue weighted by Crippen LogP contribution is -2.25. The Bertz CT molecular complexity index is 396. The van der Waals surface area contributed by atoms with Crippen molar-refractivity contribution in [2.45, 2.75) is 26.2 Å². The Morgan fingerprint density at radius 3 is 2.56 bits per heavy atom. The van der Waals surface area contributed by atoms with Gasteiger partial charge in [-0.2, -0.15) is 0 Å². The van der Waals surface area contributed by atoms with E-state index < -0.39 is 5.41 Å². The molecule has 0 amide bonds. The van der Waals surface area contributed by atoms with E-state index in [4.69, 9.17) is 4.74 Å². The molecule has 0 radical (unpaired) electrons. The number of phenols is 2. The van der Waals surface area contributed by atoms with Crippen LogP contribution in [0.25, 0.3) is 0 Å². The fourth-order valence-corrected chi connectivity index (χ4v) is 1.43. The van der Waals surface area contributed by atoms with Gasteiger partial charge in [0.15, 0.2) is 0 Å². The van der Waals surface area contributed by atoms with Crippen LogP contribution in [0, 0.1) is 0 Å². The maximum atomic E-state index is 10.7. The summed E-state index contributed by atoms with van der Waals surface area (Å²) in [4.78, 5) is 10.7. The zero-order chi connectivity index (χ0) is 12.3. The Morgan fingerprint density at radius 2 is 2.00 bits per heavy atom. The molecule has 4 heteroatoms. The zero-order valence-corrected chi connectivity index (χ0v) is 9.65. The first kappa shape index (κ1) is 12.4. The summed E-state index contributed by atoms with van der Waals surface area (Å²) in [5.41, 5.74) is 0.00264. The van der Waals surface area contributed by atoms with E-state index in [1.54, 1.807) is 0 Å². The maximum Gasteiger partial charge on any atom is 0.302 e. The molecule has 0 spiro atoms. The largest absolute Gasteiger partial charge is 0.508 e. The van der Waals surface area contributed by atoms with Crippen molar-refractivity contribution in [3.63, 3.8) is 0 Å². The molecule has 0 fully saturated rings. The van der Waals surface area contributed by atoms with Crippen LogP contribution in [-0.2, 0) is 14.9 Å². The molecule has 0 aliphatic rings. The highest BCUT2D eigenvalue weighted by Gasteiger charge is 2.25. The van der Waals surface area contributed by atoms with Crippen molar-refractivity contribution in [2.24, 2.45) is 0 Å². The van der Waals surface area contributed by atoms with Crippen molar-refractivity contribution in [3.05, 3.63) is 23.8 Å². The van der Waals surface area contributed by atoms with Gasteiger partial charge in [-0.05, 0) is 18.2 Å². The summed E-state index contributed by atoms with van der Waals surface area (Å²) < 4.78 is 4.92. The highest BCUT2D eigenvalue weighted by Crippen LogP contribution is 2.33. The number of ether oxygens (including phenoxy) is 1. The van der Waals surface area contributed by atoms with E-state index in [-0.39, 0.29) is 24.1 Å². The van der Waals surface area contributed by atoms with Crippen LogP contribution in [0.4, 0.5) is 0 Å². The van der Waals surface area contributed by atoms with Gasteiger partial charge in [0.05, 0.1) is 0 Å².